The second-order valence-electron chi connectivity index (χ2n) is 7.63. The molecule has 7 nitrogen and oxygen atoms in total. The molecule has 0 fully saturated rings. The third-order valence-electron chi connectivity index (χ3n) is 5.07. The van der Waals surface area contributed by atoms with Gasteiger partial charge in [-0.15, -0.1) is 0 Å². The molecule has 4 rings (SSSR count). The minimum atomic E-state index is -0.394. The lowest BCUT2D eigenvalue weighted by molar-refractivity contribution is -0.134. The molecule has 152 valence electrons. The maximum absolute atomic E-state index is 13.1. The van der Waals surface area contributed by atoms with Crippen molar-refractivity contribution >= 4 is 23.8 Å². The SMILES string of the molecule is COc1ccc(C2=NN(C(=O)CC3=CC4=CNSN4C=C3)C(C)(C)C2)cc1OC. The Morgan fingerprint density at radius 2 is 2.07 bits per heavy atom. The van der Waals surface area contributed by atoms with Crippen LogP contribution in [0.3, 0.4) is 0 Å². The van der Waals surface area contributed by atoms with E-state index in [4.69, 9.17) is 9.47 Å². The molecule has 0 unspecified atom stereocenters. The van der Waals surface area contributed by atoms with E-state index in [1.54, 1.807) is 19.2 Å². The van der Waals surface area contributed by atoms with E-state index in [1.165, 1.54) is 12.1 Å². The first-order valence-corrected chi connectivity index (χ1v) is 10.1. The summed E-state index contributed by atoms with van der Waals surface area (Å²) >= 11 is 1.50. The molecule has 8 heteroatoms. The van der Waals surface area contributed by atoms with E-state index in [9.17, 15) is 4.79 Å². The average molecular weight is 413 g/mol. The minimum absolute atomic E-state index is 0.0194. The number of benzene rings is 1. The number of rotatable bonds is 5. The van der Waals surface area contributed by atoms with E-state index in [0.29, 0.717) is 24.3 Å². The van der Waals surface area contributed by atoms with Gasteiger partial charge in [0.05, 0.1) is 49.7 Å². The number of hydrogen-bond donors (Lipinski definition) is 1. The Bertz CT molecular complexity index is 965. The van der Waals surface area contributed by atoms with Crippen molar-refractivity contribution in [1.82, 2.24) is 14.0 Å². The lowest BCUT2D eigenvalue weighted by atomic mass is 9.94. The van der Waals surface area contributed by atoms with Crippen LogP contribution in [0.4, 0.5) is 0 Å². The standard InChI is InChI=1S/C21H24N4O3S/c1-21(2)12-17(15-5-6-18(27-3)19(11-15)28-4)23-25(21)20(26)10-14-7-8-24-16(9-14)13-22-29-24/h5-9,11,13,22H,10,12H2,1-4H3. The van der Waals surface area contributed by atoms with Crippen molar-refractivity contribution in [3.63, 3.8) is 0 Å². The number of fused-ring (bicyclic) bond motifs is 1. The summed E-state index contributed by atoms with van der Waals surface area (Å²) in [5.74, 6) is 1.30. The summed E-state index contributed by atoms with van der Waals surface area (Å²) in [6.07, 6.45) is 8.85. The molecule has 1 aromatic carbocycles. The highest BCUT2D eigenvalue weighted by atomic mass is 32.2. The van der Waals surface area contributed by atoms with Crippen LogP contribution in [0.15, 0.2) is 59.1 Å². The van der Waals surface area contributed by atoms with E-state index < -0.39 is 5.54 Å². The van der Waals surface area contributed by atoms with E-state index >= 15 is 0 Å². The van der Waals surface area contributed by atoms with Gasteiger partial charge in [-0.05, 0) is 49.8 Å². The topological polar surface area (TPSA) is 66.4 Å². The van der Waals surface area contributed by atoms with Gasteiger partial charge in [0, 0.05) is 24.4 Å². The highest BCUT2D eigenvalue weighted by Gasteiger charge is 2.38. The van der Waals surface area contributed by atoms with Crippen molar-refractivity contribution in [3.05, 3.63) is 59.6 Å². The quantitative estimate of drug-likeness (QED) is 0.746. The largest absolute Gasteiger partial charge is 0.493 e. The Morgan fingerprint density at radius 1 is 1.28 bits per heavy atom. The summed E-state index contributed by atoms with van der Waals surface area (Å²) in [5, 5.41) is 6.31. The lowest BCUT2D eigenvalue weighted by Gasteiger charge is -2.29. The Hall–Kier alpha value is -2.87. The number of methoxy groups -OCH3 is 2. The monoisotopic (exact) mass is 412 g/mol. The van der Waals surface area contributed by atoms with Crippen molar-refractivity contribution in [2.75, 3.05) is 14.2 Å². The van der Waals surface area contributed by atoms with Gasteiger partial charge in [-0.3, -0.25) is 9.10 Å². The number of carbonyl (C=O) groups excluding carboxylic acids is 1. The lowest BCUT2D eigenvalue weighted by Crippen LogP contribution is -2.40. The number of hydrazone groups is 1. The van der Waals surface area contributed by atoms with E-state index in [2.05, 4.69) is 9.82 Å². The zero-order valence-electron chi connectivity index (χ0n) is 16.9. The third-order valence-corrected chi connectivity index (χ3v) is 5.82. The van der Waals surface area contributed by atoms with Crippen molar-refractivity contribution in [3.8, 4) is 11.5 Å². The second kappa shape index (κ2) is 7.51. The number of amides is 1. The van der Waals surface area contributed by atoms with Crippen LogP contribution in [0.2, 0.25) is 0 Å². The molecule has 0 radical (unpaired) electrons. The summed E-state index contributed by atoms with van der Waals surface area (Å²) in [6, 6.07) is 5.71. The predicted molar refractivity (Wildman–Crippen MR) is 114 cm³/mol. The smallest absolute Gasteiger partial charge is 0.247 e. The van der Waals surface area contributed by atoms with E-state index in [-0.39, 0.29) is 5.91 Å². The highest BCUT2D eigenvalue weighted by molar-refractivity contribution is 7.95. The number of nitrogens with one attached hydrogen (secondary N) is 1. The number of carbonyl (C=O) groups is 1. The first-order valence-electron chi connectivity index (χ1n) is 9.35. The number of nitrogens with zero attached hydrogens (tertiary/aromatic N) is 3. The van der Waals surface area contributed by atoms with Crippen molar-refractivity contribution < 1.29 is 14.3 Å². The molecule has 0 spiro atoms. The Morgan fingerprint density at radius 3 is 2.83 bits per heavy atom. The third kappa shape index (κ3) is 3.72. The van der Waals surface area contributed by atoms with E-state index in [1.807, 2.05) is 60.9 Å². The molecule has 0 saturated carbocycles. The van der Waals surface area contributed by atoms with E-state index in [0.717, 1.165) is 22.5 Å². The van der Waals surface area contributed by atoms with Crippen molar-refractivity contribution in [2.24, 2.45) is 5.10 Å². The summed E-state index contributed by atoms with van der Waals surface area (Å²) < 4.78 is 15.8. The van der Waals surface area contributed by atoms with Gasteiger partial charge < -0.3 is 14.2 Å². The molecule has 3 heterocycles. The molecular weight excluding hydrogens is 388 g/mol. The Balaban J connectivity index is 1.55. The molecule has 1 aromatic rings. The van der Waals surface area contributed by atoms with Crippen LogP contribution in [0.1, 0.15) is 32.3 Å². The Labute approximate surface area is 175 Å². The van der Waals surface area contributed by atoms with Gasteiger partial charge in [0.15, 0.2) is 11.5 Å². The van der Waals surface area contributed by atoms with Crippen LogP contribution in [0, 0.1) is 0 Å². The fourth-order valence-electron chi connectivity index (χ4n) is 3.59. The summed E-state index contributed by atoms with van der Waals surface area (Å²) in [5.41, 5.74) is 3.40. The molecule has 0 aliphatic carbocycles. The molecule has 1 N–H and O–H groups in total. The van der Waals surface area contributed by atoms with Gasteiger partial charge in [-0.1, -0.05) is 0 Å². The van der Waals surface area contributed by atoms with Gasteiger partial charge in [0.1, 0.15) is 0 Å². The van der Waals surface area contributed by atoms with Crippen LogP contribution < -0.4 is 14.2 Å². The molecule has 0 saturated heterocycles. The Kier molecular flexibility index (Phi) is 5.04. The second-order valence-corrected chi connectivity index (χ2v) is 8.44. The molecule has 3 aliphatic heterocycles. The van der Waals surface area contributed by atoms with Gasteiger partial charge >= 0.3 is 0 Å². The number of hydrogen-bond acceptors (Lipinski definition) is 7. The predicted octanol–water partition coefficient (Wildman–Crippen LogP) is 3.57. The first-order chi connectivity index (χ1) is 13.9. The summed E-state index contributed by atoms with van der Waals surface area (Å²) in [6.45, 7) is 4.07. The number of allylic oxidation sites excluding steroid dienone is 2. The normalized spacial score (nSPS) is 19.2. The molecule has 0 aromatic heterocycles. The van der Waals surface area contributed by atoms with Crippen LogP contribution in [0.5, 0.6) is 11.5 Å². The molecule has 3 aliphatic rings. The maximum Gasteiger partial charge on any atom is 0.247 e. The van der Waals surface area contributed by atoms with Crippen molar-refractivity contribution in [2.45, 2.75) is 32.2 Å². The summed E-state index contributed by atoms with van der Waals surface area (Å²) in [4.78, 5) is 13.1. The number of ether oxygens (including phenoxy) is 2. The van der Waals surface area contributed by atoms with Gasteiger partial charge in [-0.25, -0.2) is 5.01 Å². The van der Waals surface area contributed by atoms with Gasteiger partial charge in [0.25, 0.3) is 0 Å². The first kappa shape index (κ1) is 19.4. The summed E-state index contributed by atoms with van der Waals surface area (Å²) in [7, 11) is 3.22. The van der Waals surface area contributed by atoms with Gasteiger partial charge in [-0.2, -0.15) is 5.10 Å². The minimum Gasteiger partial charge on any atom is -0.493 e. The van der Waals surface area contributed by atoms with Crippen molar-refractivity contribution in [1.29, 1.82) is 0 Å². The molecule has 0 atom stereocenters. The highest BCUT2D eigenvalue weighted by Crippen LogP contribution is 2.35. The van der Waals surface area contributed by atoms with Gasteiger partial charge in [0.2, 0.25) is 5.91 Å². The molecule has 29 heavy (non-hydrogen) atoms. The molecule has 0 bridgehead atoms. The molecule has 1 amide bonds. The zero-order chi connectivity index (χ0) is 20.6. The van der Waals surface area contributed by atoms with Crippen LogP contribution in [-0.2, 0) is 4.79 Å². The van der Waals surface area contributed by atoms with Crippen LogP contribution in [0.25, 0.3) is 0 Å². The fraction of sp³-hybridized carbons (Fsp3) is 0.333. The average Bonchev–Trinajstić information content (AvgIpc) is 3.30. The maximum atomic E-state index is 13.1. The fourth-order valence-corrected chi connectivity index (χ4v) is 4.21. The van der Waals surface area contributed by atoms with Crippen LogP contribution in [-0.4, -0.2) is 40.7 Å². The van der Waals surface area contributed by atoms with Crippen LogP contribution >= 0.6 is 12.1 Å². The zero-order valence-corrected chi connectivity index (χ0v) is 17.7. The molecular formula is C21H24N4O3S.